The first-order valence-electron chi connectivity index (χ1n) is 22.6. The van der Waals surface area contributed by atoms with Gasteiger partial charge >= 0.3 is 5.97 Å². The first-order valence-corrected chi connectivity index (χ1v) is 23.5. The number of benzene rings is 1. The lowest BCUT2D eigenvalue weighted by Gasteiger charge is -2.48. The summed E-state index contributed by atoms with van der Waals surface area (Å²) in [5.41, 5.74) is 10.3. The zero-order valence-electron chi connectivity index (χ0n) is 40.0. The summed E-state index contributed by atoms with van der Waals surface area (Å²) in [6.45, 7) is 14.5. The van der Waals surface area contributed by atoms with Crippen molar-refractivity contribution >= 4 is 113 Å². The van der Waals surface area contributed by atoms with Crippen molar-refractivity contribution in [3.8, 4) is 22.5 Å². The Bertz CT molecular complexity index is 2370. The number of methoxy groups -OCH3 is 1. The Kier molecular flexibility index (Phi) is 19.6. The van der Waals surface area contributed by atoms with Crippen molar-refractivity contribution in [3.05, 3.63) is 52.1 Å². The first-order chi connectivity index (χ1) is 29.8. The Labute approximate surface area is 435 Å². The molecule has 4 fully saturated rings. The average molecular weight is 1040 g/mol. The molecular formula is C47H73N9O5S6. The van der Waals surface area contributed by atoms with Crippen molar-refractivity contribution in [2.75, 3.05) is 72.0 Å². The predicted octanol–water partition coefficient (Wildman–Crippen LogP) is 6.00. The number of aromatic nitrogens is 3. The molecule has 4 aliphatic heterocycles. The number of hydrogen-bond donors (Lipinski definition) is 2. The highest BCUT2D eigenvalue weighted by atomic mass is 32.1. The summed E-state index contributed by atoms with van der Waals surface area (Å²) in [4.78, 5) is 59.9. The third kappa shape index (κ3) is 10.8. The number of piperazine rings is 1. The number of aryl methyl sites for hydroxylation is 1. The number of fused-ring (bicyclic) bond motifs is 7. The van der Waals surface area contributed by atoms with Crippen LogP contribution in [-0.2, 0) is 43.2 Å². The number of thiazole rings is 1. The monoisotopic (exact) mass is 1040 g/mol. The van der Waals surface area contributed by atoms with E-state index >= 15 is 0 Å². The second kappa shape index (κ2) is 23.1. The number of ether oxygens (including phenoxy) is 2. The normalized spacial score (nSPS) is 24.5. The summed E-state index contributed by atoms with van der Waals surface area (Å²) in [5.74, 6) is -0.457. The number of rotatable bonds is 7. The number of hydrazine groups is 1. The van der Waals surface area contributed by atoms with Crippen LogP contribution < -0.4 is 15.6 Å². The molecule has 5 aliphatic rings. The lowest BCUT2D eigenvalue weighted by molar-refractivity contribution is -0.156. The van der Waals surface area contributed by atoms with Gasteiger partial charge in [0, 0.05) is 85.6 Å². The van der Waals surface area contributed by atoms with E-state index in [1.807, 2.05) is 13.2 Å². The molecular weight excluding hydrogens is 963 g/mol. The number of cyclic esters (lactones) is 1. The number of likely N-dealkylation sites (tertiary alicyclic amines) is 1. The third-order valence-corrected chi connectivity index (χ3v) is 15.4. The smallest absolute Gasteiger partial charge is 0.324 e. The summed E-state index contributed by atoms with van der Waals surface area (Å²) in [6, 6.07) is 7.33. The highest BCUT2D eigenvalue weighted by molar-refractivity contribution is 7.60. The van der Waals surface area contributed by atoms with Gasteiger partial charge in [0.2, 0.25) is 5.91 Å². The predicted molar refractivity (Wildman–Crippen MR) is 294 cm³/mol. The lowest BCUT2D eigenvalue weighted by Crippen LogP contribution is -2.66. The van der Waals surface area contributed by atoms with E-state index in [0.717, 1.165) is 114 Å². The Morgan fingerprint density at radius 1 is 1.01 bits per heavy atom. The van der Waals surface area contributed by atoms with Gasteiger partial charge in [-0.1, -0.05) is 19.9 Å². The van der Waals surface area contributed by atoms with Gasteiger partial charge in [-0.05, 0) is 103 Å². The minimum Gasteiger partial charge on any atom is -0.464 e. The molecule has 372 valence electrons. The van der Waals surface area contributed by atoms with Crippen molar-refractivity contribution in [1.29, 1.82) is 0 Å². The molecule has 0 radical (unpaired) electrons. The van der Waals surface area contributed by atoms with Crippen molar-refractivity contribution in [1.82, 2.24) is 40.1 Å². The number of likely N-dealkylation sites (N-methyl/N-ethyl adjacent to an activating group) is 2. The summed E-state index contributed by atoms with van der Waals surface area (Å²) >= 11 is 1.50. The lowest BCUT2D eigenvalue weighted by atomic mass is 9.66. The Balaban J connectivity index is 0.00000196. The molecule has 0 unspecified atom stereocenters. The summed E-state index contributed by atoms with van der Waals surface area (Å²) < 4.78 is 14.6. The fraction of sp³-hybridized carbons (Fsp3) is 0.596. The second-order valence-corrected chi connectivity index (χ2v) is 20.0. The largest absolute Gasteiger partial charge is 0.464 e. The molecule has 3 aromatic heterocycles. The van der Waals surface area contributed by atoms with E-state index in [1.165, 1.54) is 16.3 Å². The van der Waals surface area contributed by atoms with Gasteiger partial charge in [-0.2, -0.15) is 67.5 Å². The highest BCUT2D eigenvalue weighted by Gasteiger charge is 2.59. The minimum atomic E-state index is -0.861. The van der Waals surface area contributed by atoms with Crippen LogP contribution in [0.1, 0.15) is 82.2 Å². The van der Waals surface area contributed by atoms with Crippen LogP contribution in [0, 0.1) is 11.3 Å². The maximum absolute atomic E-state index is 14.5. The SMILES string of the molecule is CCn1c(-c2cc(N3CCN(C)CC3)cnc2[C@H](C)OC)c2c3cc(ccc31)-c1csc(n1)C[C@H](NC(=O)[C@]13CC[C@H]1CCN3C)C(=O)N1CCC[C@H](N1)C(=O)OCC(C)(C)C2.S.S.S.S.S. The maximum Gasteiger partial charge on any atom is 0.324 e. The number of anilines is 1. The molecule has 20 heteroatoms. The van der Waals surface area contributed by atoms with Crippen LogP contribution in [0.15, 0.2) is 35.8 Å². The number of nitrogens with one attached hydrogen (secondary N) is 2. The minimum absolute atomic E-state index is 0. The van der Waals surface area contributed by atoms with E-state index in [2.05, 4.69) is 94.4 Å². The molecule has 6 bridgehead atoms. The number of esters is 1. The zero-order chi connectivity index (χ0) is 43.5. The van der Waals surface area contributed by atoms with E-state index in [0.29, 0.717) is 31.7 Å². The van der Waals surface area contributed by atoms with Crippen molar-refractivity contribution in [3.63, 3.8) is 0 Å². The van der Waals surface area contributed by atoms with Crippen molar-refractivity contribution in [2.24, 2.45) is 11.3 Å². The molecule has 3 saturated heterocycles. The van der Waals surface area contributed by atoms with Crippen LogP contribution in [0.4, 0.5) is 5.69 Å². The molecule has 0 spiro atoms. The number of carbonyl (C=O) groups is 3. The van der Waals surface area contributed by atoms with Gasteiger partial charge in [-0.3, -0.25) is 29.3 Å². The Morgan fingerprint density at radius 2 is 1.76 bits per heavy atom. The average Bonchev–Trinajstić information content (AvgIpc) is 3.92. The first kappa shape index (κ1) is 56.9. The maximum atomic E-state index is 14.5. The number of hydrogen-bond acceptors (Lipinski definition) is 12. The van der Waals surface area contributed by atoms with Gasteiger partial charge in [0.1, 0.15) is 17.6 Å². The van der Waals surface area contributed by atoms with Gasteiger partial charge in [0.25, 0.3) is 5.91 Å². The van der Waals surface area contributed by atoms with Crippen LogP contribution >= 0.6 is 78.8 Å². The fourth-order valence-electron chi connectivity index (χ4n) is 10.6. The van der Waals surface area contributed by atoms with Crippen molar-refractivity contribution < 1.29 is 23.9 Å². The third-order valence-electron chi connectivity index (χ3n) is 14.5. The van der Waals surface area contributed by atoms with Gasteiger partial charge in [-0.15, -0.1) is 11.3 Å². The number of amides is 2. The van der Waals surface area contributed by atoms with Gasteiger partial charge in [-0.25, -0.2) is 10.4 Å². The number of pyridine rings is 1. The van der Waals surface area contributed by atoms with Crippen molar-refractivity contribution in [2.45, 2.75) is 103 Å². The molecule has 5 atom stereocenters. The summed E-state index contributed by atoms with van der Waals surface area (Å²) in [6.07, 6.45) is 6.55. The molecule has 4 aromatic rings. The van der Waals surface area contributed by atoms with Crippen LogP contribution in [0.5, 0.6) is 0 Å². The molecule has 2 amide bonds. The molecule has 1 aromatic carbocycles. The Hall–Kier alpha value is -2.66. The van der Waals surface area contributed by atoms with Gasteiger partial charge in [0.15, 0.2) is 0 Å². The van der Waals surface area contributed by atoms with Crippen LogP contribution in [-0.4, -0.2) is 132 Å². The molecule has 14 nitrogen and oxygen atoms in total. The zero-order valence-corrected chi connectivity index (χ0v) is 45.8. The van der Waals surface area contributed by atoms with E-state index < -0.39 is 23.0 Å². The molecule has 7 heterocycles. The van der Waals surface area contributed by atoms with E-state index in [9.17, 15) is 14.4 Å². The highest BCUT2D eigenvalue weighted by Crippen LogP contribution is 2.50. The fourth-order valence-corrected chi connectivity index (χ4v) is 11.5. The van der Waals surface area contributed by atoms with E-state index in [4.69, 9.17) is 19.4 Å². The van der Waals surface area contributed by atoms with Crippen LogP contribution in [0.3, 0.4) is 0 Å². The van der Waals surface area contributed by atoms with Crippen LogP contribution in [0.25, 0.3) is 33.4 Å². The molecule has 2 N–H and O–H groups in total. The number of carbonyl (C=O) groups excluding carboxylic acids is 3. The standard InChI is InChI=1S/C47H63N9O5S.5H2S/c1-8-55-39-12-11-30-22-33(39)35(42(55)34-23-32(26-48-41(34)29(2)60-7)54-20-18-52(5)19-21-54)25-46(3,4)28-61-44(58)36-10-9-16-56(51-36)43(57)37(24-40-49-38(30)27-62-40)50-45(59)47-15-13-31(47)14-17-53(47)6;;;;;/h11-12,22-23,26-27,29,31,36-37,51H,8-10,13-21,24-25,28H2,1-7H3,(H,50,59);5*1H2/t29-,31-,36-,37-,47-;;;;;/m0...../s1. The molecule has 1 saturated carbocycles. The van der Waals surface area contributed by atoms with Gasteiger partial charge < -0.3 is 29.2 Å². The number of nitrogens with zero attached hydrogens (tertiary/aromatic N) is 7. The van der Waals surface area contributed by atoms with E-state index in [-0.39, 0.29) is 104 Å². The molecule has 9 rings (SSSR count). The molecule has 1 aliphatic carbocycles. The molecule has 67 heavy (non-hydrogen) atoms. The Morgan fingerprint density at radius 3 is 2.43 bits per heavy atom. The summed E-state index contributed by atoms with van der Waals surface area (Å²) in [7, 11) is 5.92. The van der Waals surface area contributed by atoms with E-state index in [1.54, 1.807) is 7.11 Å². The topological polar surface area (TPSA) is 137 Å². The van der Waals surface area contributed by atoms with Crippen LogP contribution in [0.2, 0.25) is 0 Å². The van der Waals surface area contributed by atoms with Gasteiger partial charge in [0.05, 0.1) is 46.7 Å². The summed E-state index contributed by atoms with van der Waals surface area (Å²) in [5, 5.41) is 8.67. The quantitative estimate of drug-likeness (QED) is 0.211. The second-order valence-electron chi connectivity index (χ2n) is 19.1.